The van der Waals surface area contributed by atoms with E-state index in [2.05, 4.69) is 24.3 Å². The summed E-state index contributed by atoms with van der Waals surface area (Å²) in [5.74, 6) is 1.63. The molecule has 2 unspecified atom stereocenters. The number of halogens is 1. The minimum absolute atomic E-state index is 0.514. The van der Waals surface area contributed by atoms with E-state index in [1.165, 1.54) is 25.0 Å². The Morgan fingerprint density at radius 1 is 1.47 bits per heavy atom. The summed E-state index contributed by atoms with van der Waals surface area (Å²) in [4.78, 5) is 0. The Morgan fingerprint density at radius 3 is 2.63 bits per heavy atom. The van der Waals surface area contributed by atoms with Crippen molar-refractivity contribution in [1.29, 1.82) is 0 Å². The van der Waals surface area contributed by atoms with Crippen LogP contribution in [0, 0.1) is 18.8 Å². The van der Waals surface area contributed by atoms with Crippen LogP contribution in [0.1, 0.15) is 44.5 Å². The summed E-state index contributed by atoms with van der Waals surface area (Å²) in [6.45, 7) is 7.65. The van der Waals surface area contributed by atoms with Gasteiger partial charge in [-0.3, -0.25) is 4.68 Å². The number of hydrogen-bond acceptors (Lipinski definition) is 2. The van der Waals surface area contributed by atoms with Crippen molar-refractivity contribution in [3.8, 4) is 0 Å². The Hall–Kier alpha value is -0.540. The lowest BCUT2D eigenvalue weighted by molar-refractivity contribution is 0.335. The first-order valence-corrected chi connectivity index (χ1v) is 7.83. The van der Waals surface area contributed by atoms with Gasteiger partial charge >= 0.3 is 0 Å². The van der Waals surface area contributed by atoms with Gasteiger partial charge in [0.2, 0.25) is 0 Å². The van der Waals surface area contributed by atoms with Gasteiger partial charge in [0.15, 0.2) is 0 Å². The van der Waals surface area contributed by atoms with Crippen molar-refractivity contribution in [2.75, 3.05) is 6.54 Å². The van der Waals surface area contributed by atoms with Gasteiger partial charge in [-0.2, -0.15) is 5.10 Å². The highest BCUT2D eigenvalue weighted by atomic mass is 35.5. The van der Waals surface area contributed by atoms with Crippen LogP contribution in [0.5, 0.6) is 0 Å². The second-order valence-corrected chi connectivity index (χ2v) is 6.31. The van der Waals surface area contributed by atoms with Gasteiger partial charge in [-0.15, -0.1) is 0 Å². The number of aromatic nitrogens is 2. The first-order valence-electron chi connectivity index (χ1n) is 7.46. The molecular weight excluding hydrogens is 258 g/mol. The lowest BCUT2D eigenvalue weighted by Crippen LogP contribution is -2.38. The molecule has 2 rings (SSSR count). The Kier molecular flexibility index (Phi) is 4.91. The molecule has 4 heteroatoms. The van der Waals surface area contributed by atoms with Crippen LogP contribution >= 0.6 is 11.6 Å². The Morgan fingerprint density at radius 2 is 2.16 bits per heavy atom. The van der Waals surface area contributed by atoms with E-state index in [0.717, 1.165) is 35.5 Å². The van der Waals surface area contributed by atoms with Crippen LogP contribution in [0.2, 0.25) is 5.02 Å². The SMILES string of the molecule is CCCNC(Cc1c(Cl)c(C)nn1C)C(C)C1CC1. The second kappa shape index (κ2) is 6.27. The molecule has 1 aliphatic carbocycles. The second-order valence-electron chi connectivity index (χ2n) is 5.93. The highest BCUT2D eigenvalue weighted by molar-refractivity contribution is 6.31. The van der Waals surface area contributed by atoms with E-state index in [1.54, 1.807) is 0 Å². The maximum Gasteiger partial charge on any atom is 0.0847 e. The van der Waals surface area contributed by atoms with Crippen LogP contribution in [-0.4, -0.2) is 22.4 Å². The van der Waals surface area contributed by atoms with E-state index in [9.17, 15) is 0 Å². The number of rotatable bonds is 7. The van der Waals surface area contributed by atoms with Gasteiger partial charge in [0.05, 0.1) is 16.4 Å². The standard InChI is InChI=1S/C15H26ClN3/c1-5-8-17-13(10(2)12-6-7-12)9-14-15(16)11(3)18-19(14)4/h10,12-13,17H,5-9H2,1-4H3. The average molecular weight is 284 g/mol. The molecule has 0 saturated heterocycles. The number of aryl methyl sites for hydroxylation is 2. The molecule has 1 saturated carbocycles. The lowest BCUT2D eigenvalue weighted by atomic mass is 9.92. The van der Waals surface area contributed by atoms with Gasteiger partial charge < -0.3 is 5.32 Å². The van der Waals surface area contributed by atoms with Crippen LogP contribution in [0.15, 0.2) is 0 Å². The fraction of sp³-hybridized carbons (Fsp3) is 0.800. The highest BCUT2D eigenvalue weighted by Crippen LogP contribution is 2.39. The van der Waals surface area contributed by atoms with E-state index in [0.29, 0.717) is 6.04 Å². The molecule has 1 heterocycles. The molecule has 1 N–H and O–H groups in total. The largest absolute Gasteiger partial charge is 0.313 e. The van der Waals surface area contributed by atoms with Gasteiger partial charge in [-0.1, -0.05) is 25.4 Å². The molecule has 0 radical (unpaired) electrons. The number of nitrogens with one attached hydrogen (secondary N) is 1. The predicted molar refractivity (Wildman–Crippen MR) is 80.6 cm³/mol. The van der Waals surface area contributed by atoms with Crippen LogP contribution in [-0.2, 0) is 13.5 Å². The zero-order valence-electron chi connectivity index (χ0n) is 12.5. The molecule has 19 heavy (non-hydrogen) atoms. The Labute approximate surface area is 121 Å². The van der Waals surface area contributed by atoms with E-state index in [4.69, 9.17) is 11.6 Å². The van der Waals surface area contributed by atoms with E-state index >= 15 is 0 Å². The molecule has 3 nitrogen and oxygen atoms in total. The van der Waals surface area contributed by atoms with E-state index in [-0.39, 0.29) is 0 Å². The maximum absolute atomic E-state index is 6.38. The van der Waals surface area contributed by atoms with E-state index in [1.807, 2.05) is 18.7 Å². The molecule has 108 valence electrons. The third-order valence-electron chi connectivity index (χ3n) is 4.33. The molecular formula is C15H26ClN3. The zero-order chi connectivity index (χ0) is 14.0. The molecule has 1 fully saturated rings. The van der Waals surface area contributed by atoms with Crippen molar-refractivity contribution in [2.24, 2.45) is 18.9 Å². The quantitative estimate of drug-likeness (QED) is 0.832. The maximum atomic E-state index is 6.38. The molecule has 1 aromatic heterocycles. The summed E-state index contributed by atoms with van der Waals surface area (Å²) in [6, 6.07) is 0.514. The predicted octanol–water partition coefficient (Wildman–Crippen LogP) is 3.34. The summed E-state index contributed by atoms with van der Waals surface area (Å²) in [6.07, 6.45) is 4.94. The Balaban J connectivity index is 2.09. The first-order chi connectivity index (χ1) is 9.04. The normalized spacial score (nSPS) is 18.6. The first kappa shape index (κ1) is 14.9. The third-order valence-corrected chi connectivity index (χ3v) is 4.82. The van der Waals surface area contributed by atoms with Gasteiger partial charge in [0.25, 0.3) is 0 Å². The third kappa shape index (κ3) is 3.51. The lowest BCUT2D eigenvalue weighted by Gasteiger charge is -2.25. The molecule has 2 atom stereocenters. The summed E-state index contributed by atoms with van der Waals surface area (Å²) in [5, 5.41) is 8.97. The fourth-order valence-corrected chi connectivity index (χ4v) is 3.07. The summed E-state index contributed by atoms with van der Waals surface area (Å²) in [7, 11) is 1.99. The van der Waals surface area contributed by atoms with Crippen LogP contribution in [0.25, 0.3) is 0 Å². The van der Waals surface area contributed by atoms with Crippen LogP contribution < -0.4 is 5.32 Å². The topological polar surface area (TPSA) is 29.9 Å². The zero-order valence-corrected chi connectivity index (χ0v) is 13.3. The molecule has 0 amide bonds. The van der Waals surface area contributed by atoms with Gasteiger partial charge in [-0.25, -0.2) is 0 Å². The highest BCUT2D eigenvalue weighted by Gasteiger charge is 2.33. The summed E-state index contributed by atoms with van der Waals surface area (Å²) < 4.78 is 1.94. The molecule has 0 bridgehead atoms. The number of nitrogens with zero attached hydrogens (tertiary/aromatic N) is 2. The van der Waals surface area contributed by atoms with Crippen molar-refractivity contribution in [3.05, 3.63) is 16.4 Å². The van der Waals surface area contributed by atoms with Crippen LogP contribution in [0.3, 0.4) is 0 Å². The summed E-state index contributed by atoms with van der Waals surface area (Å²) >= 11 is 6.38. The van der Waals surface area contributed by atoms with Gasteiger partial charge in [-0.05, 0) is 44.6 Å². The Bertz CT molecular complexity index is 423. The van der Waals surface area contributed by atoms with Gasteiger partial charge in [0, 0.05) is 19.5 Å². The minimum atomic E-state index is 0.514. The molecule has 0 aromatic carbocycles. The van der Waals surface area contributed by atoms with Crippen molar-refractivity contribution in [1.82, 2.24) is 15.1 Å². The fourth-order valence-electron chi connectivity index (χ4n) is 2.83. The van der Waals surface area contributed by atoms with Crippen LogP contribution in [0.4, 0.5) is 0 Å². The summed E-state index contributed by atoms with van der Waals surface area (Å²) in [5.41, 5.74) is 2.10. The van der Waals surface area contributed by atoms with Crippen molar-refractivity contribution in [2.45, 2.75) is 52.5 Å². The van der Waals surface area contributed by atoms with Gasteiger partial charge in [0.1, 0.15) is 0 Å². The monoisotopic (exact) mass is 283 g/mol. The average Bonchev–Trinajstić information content (AvgIpc) is 3.18. The minimum Gasteiger partial charge on any atom is -0.313 e. The molecule has 1 aromatic rings. The molecule has 0 aliphatic heterocycles. The van der Waals surface area contributed by atoms with Crippen molar-refractivity contribution >= 4 is 11.6 Å². The molecule has 1 aliphatic rings. The number of hydrogen-bond donors (Lipinski definition) is 1. The van der Waals surface area contributed by atoms with Crippen molar-refractivity contribution in [3.63, 3.8) is 0 Å². The van der Waals surface area contributed by atoms with Crippen molar-refractivity contribution < 1.29 is 0 Å². The molecule has 0 spiro atoms. The van der Waals surface area contributed by atoms with E-state index < -0.39 is 0 Å². The smallest absolute Gasteiger partial charge is 0.0847 e.